The van der Waals surface area contributed by atoms with Gasteiger partial charge >= 0.3 is 0 Å². The van der Waals surface area contributed by atoms with Gasteiger partial charge in [0.2, 0.25) is 12.4 Å². The normalized spacial score (nSPS) is 12.3. The number of para-hydroxylation sites is 1. The molecule has 1 amide bonds. The Morgan fingerprint density at radius 2 is 1.62 bits per heavy atom. The molecule has 1 saturated heterocycles. The summed E-state index contributed by atoms with van der Waals surface area (Å²) in [5.41, 5.74) is 13.6. The number of primary amides is 1. The zero-order chi connectivity index (χ0) is 29.2. The first kappa shape index (κ1) is 33.7. The third kappa shape index (κ3) is 10.4. The lowest BCUT2D eigenvalue weighted by Gasteiger charge is -2.34. The third-order valence-electron chi connectivity index (χ3n) is 5.40. The lowest BCUT2D eigenvalue weighted by atomic mass is 10.0. The molecule has 1 aliphatic rings. The van der Waals surface area contributed by atoms with Crippen molar-refractivity contribution in [3.63, 3.8) is 0 Å². The maximum Gasteiger partial charge on any atom is 0.226 e. The highest BCUT2D eigenvalue weighted by Crippen LogP contribution is 2.34. The van der Waals surface area contributed by atoms with Gasteiger partial charge in [0.05, 0.1) is 5.69 Å². The number of aromatic nitrogens is 2. The van der Waals surface area contributed by atoms with Crippen LogP contribution in [0.2, 0.25) is 0 Å². The maximum atomic E-state index is 9.16. The fourth-order valence-electron chi connectivity index (χ4n) is 3.67. The number of amides is 1. The van der Waals surface area contributed by atoms with Gasteiger partial charge in [-0.05, 0) is 55.7 Å². The van der Waals surface area contributed by atoms with Crippen LogP contribution in [-0.4, -0.2) is 67.2 Å². The molecule has 3 aromatic rings. The van der Waals surface area contributed by atoms with Gasteiger partial charge in [0.25, 0.3) is 0 Å². The van der Waals surface area contributed by atoms with Crippen molar-refractivity contribution in [2.45, 2.75) is 25.7 Å². The Labute approximate surface area is 241 Å². The monoisotopic (exact) mass is 568 g/mol. The lowest BCUT2D eigenvalue weighted by molar-refractivity contribution is -0.106. The molecule has 0 radical (unpaired) electrons. The standard InChI is InChI=1S/C24H26N6S2.C2H6.CH3NO.CH5N/c1-18-16-20(17-25)27-24(26-18)29-12-14-30(15-13-29)32-21-10-8-19(9-11-21)22-6-4-5-7-23(22)28(2)31-3;1-2;2-1-3;1-2/h4-11,16H,12-15H2,1-3H3;1-2H3;1H,(H2,2,3);2H2,1H3. The fourth-order valence-corrected chi connectivity index (χ4v) is 4.92. The van der Waals surface area contributed by atoms with Crippen LogP contribution >= 0.6 is 23.9 Å². The Bertz CT molecular complexity index is 1160. The van der Waals surface area contributed by atoms with Gasteiger partial charge in [0, 0.05) is 55.6 Å². The third-order valence-corrected chi connectivity index (χ3v) is 7.25. The second-order valence-corrected chi connectivity index (χ2v) is 9.75. The average molecular weight is 569 g/mol. The number of nitriles is 1. The van der Waals surface area contributed by atoms with Gasteiger partial charge in [-0.3, -0.25) is 4.79 Å². The summed E-state index contributed by atoms with van der Waals surface area (Å²) in [7, 11) is 3.59. The first-order valence-electron chi connectivity index (χ1n) is 12.6. The fraction of sp³-hybridized carbons (Fsp3) is 0.357. The summed E-state index contributed by atoms with van der Waals surface area (Å²) in [6, 6.07) is 21.2. The molecule has 4 N–H and O–H groups in total. The summed E-state index contributed by atoms with van der Waals surface area (Å²) in [6.07, 6.45) is 2.34. The highest BCUT2D eigenvalue weighted by molar-refractivity contribution is 7.99. The molecular formula is C28H40N8OS2. The van der Waals surface area contributed by atoms with Crippen LogP contribution in [0.25, 0.3) is 11.1 Å². The van der Waals surface area contributed by atoms with Gasteiger partial charge in [-0.2, -0.15) is 5.26 Å². The summed E-state index contributed by atoms with van der Waals surface area (Å²) < 4.78 is 4.57. The first-order chi connectivity index (χ1) is 19.0. The summed E-state index contributed by atoms with van der Waals surface area (Å²) in [4.78, 5) is 20.9. The molecule has 2 aromatic carbocycles. The van der Waals surface area contributed by atoms with Gasteiger partial charge in [0.15, 0.2) is 0 Å². The Balaban J connectivity index is 0.000000996. The van der Waals surface area contributed by atoms with Gasteiger partial charge in [-0.15, -0.1) is 0 Å². The molecule has 210 valence electrons. The number of nitrogens with zero attached hydrogens (tertiary/aromatic N) is 6. The largest absolute Gasteiger partial charge is 0.372 e. The molecule has 9 nitrogen and oxygen atoms in total. The molecule has 11 heteroatoms. The van der Waals surface area contributed by atoms with Crippen LogP contribution in [0, 0.1) is 18.3 Å². The highest BCUT2D eigenvalue weighted by atomic mass is 32.2. The molecule has 0 spiro atoms. The van der Waals surface area contributed by atoms with E-state index >= 15 is 0 Å². The number of piperazine rings is 1. The Morgan fingerprint density at radius 3 is 2.18 bits per heavy atom. The van der Waals surface area contributed by atoms with Crippen LogP contribution in [0.5, 0.6) is 0 Å². The van der Waals surface area contributed by atoms with Crippen molar-refractivity contribution in [2.24, 2.45) is 11.5 Å². The lowest BCUT2D eigenvalue weighted by Crippen LogP contribution is -2.44. The van der Waals surface area contributed by atoms with E-state index in [-0.39, 0.29) is 6.41 Å². The smallest absolute Gasteiger partial charge is 0.226 e. The van der Waals surface area contributed by atoms with E-state index in [1.807, 2.05) is 20.8 Å². The van der Waals surface area contributed by atoms with Gasteiger partial charge < -0.3 is 20.7 Å². The molecule has 0 bridgehead atoms. The van der Waals surface area contributed by atoms with Crippen molar-refractivity contribution in [1.82, 2.24) is 14.3 Å². The number of hydrogen-bond donors (Lipinski definition) is 2. The first-order valence-corrected chi connectivity index (χ1v) is 14.6. The van der Waals surface area contributed by atoms with Crippen LogP contribution in [0.3, 0.4) is 0 Å². The second kappa shape index (κ2) is 18.9. The average Bonchev–Trinajstić information content (AvgIpc) is 2.99. The minimum absolute atomic E-state index is 0.250. The molecule has 4 rings (SSSR count). The summed E-state index contributed by atoms with van der Waals surface area (Å²) in [5, 5.41) is 9.16. The summed E-state index contributed by atoms with van der Waals surface area (Å²) >= 11 is 3.50. The number of anilines is 2. The molecule has 0 aliphatic carbocycles. The number of nitrogens with two attached hydrogens (primary N) is 2. The molecule has 1 aromatic heterocycles. The molecule has 0 saturated carbocycles. The minimum atomic E-state index is 0.250. The van der Waals surface area contributed by atoms with Crippen molar-refractivity contribution >= 4 is 41.9 Å². The molecule has 1 aliphatic heterocycles. The molecule has 2 heterocycles. The molecule has 39 heavy (non-hydrogen) atoms. The molecule has 0 atom stereocenters. The summed E-state index contributed by atoms with van der Waals surface area (Å²) in [5.74, 6) is 0.657. The van der Waals surface area contributed by atoms with Crippen LogP contribution in [0.1, 0.15) is 25.2 Å². The van der Waals surface area contributed by atoms with E-state index in [2.05, 4.69) is 103 Å². The number of carbonyl (C=O) groups excluding carboxylic acids is 1. The van der Waals surface area contributed by atoms with E-state index in [1.54, 1.807) is 30.0 Å². The minimum Gasteiger partial charge on any atom is -0.372 e. The SMILES string of the molecule is CC.CN.CSN(C)c1ccccc1-c1ccc(SN2CCN(c3nc(C)cc(C#N)n3)CC2)cc1.NC=O. The second-order valence-electron chi connectivity index (χ2n) is 7.67. The zero-order valence-corrected chi connectivity index (χ0v) is 25.3. The molecule has 0 unspecified atom stereocenters. The number of aryl methyl sites for hydroxylation is 1. The number of rotatable bonds is 6. The van der Waals surface area contributed by atoms with Gasteiger partial charge in [-0.25, -0.2) is 14.3 Å². The molecule has 1 fully saturated rings. The Morgan fingerprint density at radius 1 is 1.03 bits per heavy atom. The van der Waals surface area contributed by atoms with E-state index in [1.165, 1.54) is 28.8 Å². The maximum absolute atomic E-state index is 9.16. The van der Waals surface area contributed by atoms with Crippen molar-refractivity contribution in [2.75, 3.05) is 55.7 Å². The Kier molecular flexibility index (Phi) is 16.3. The van der Waals surface area contributed by atoms with E-state index in [4.69, 9.17) is 10.1 Å². The predicted octanol–water partition coefficient (Wildman–Crippen LogP) is 4.57. The molecular weight excluding hydrogens is 528 g/mol. The van der Waals surface area contributed by atoms with Gasteiger partial charge in [0.1, 0.15) is 11.8 Å². The topological polar surface area (TPSA) is 128 Å². The van der Waals surface area contributed by atoms with E-state index < -0.39 is 0 Å². The van der Waals surface area contributed by atoms with Crippen molar-refractivity contribution in [1.29, 1.82) is 5.26 Å². The van der Waals surface area contributed by atoms with E-state index in [0.717, 1.165) is 31.9 Å². The zero-order valence-electron chi connectivity index (χ0n) is 23.7. The van der Waals surface area contributed by atoms with Crippen LogP contribution in [0.4, 0.5) is 11.6 Å². The Hall–Kier alpha value is -3.30. The number of hydrogen-bond acceptors (Lipinski definition) is 10. The van der Waals surface area contributed by atoms with Crippen molar-refractivity contribution < 1.29 is 4.79 Å². The highest BCUT2D eigenvalue weighted by Gasteiger charge is 2.20. The van der Waals surface area contributed by atoms with Crippen LogP contribution in [-0.2, 0) is 4.79 Å². The summed E-state index contributed by atoms with van der Waals surface area (Å²) in [6.45, 7) is 9.40. The van der Waals surface area contributed by atoms with Gasteiger partial charge in [-0.1, -0.05) is 56.1 Å². The van der Waals surface area contributed by atoms with Crippen molar-refractivity contribution in [3.8, 4) is 17.2 Å². The van der Waals surface area contributed by atoms with E-state index in [9.17, 15) is 0 Å². The number of benzene rings is 2. The quantitative estimate of drug-likeness (QED) is 0.322. The van der Waals surface area contributed by atoms with Crippen LogP contribution in [0.15, 0.2) is 59.5 Å². The van der Waals surface area contributed by atoms with Crippen LogP contribution < -0.4 is 20.7 Å². The number of carbonyl (C=O) groups is 1. The van der Waals surface area contributed by atoms with Crippen molar-refractivity contribution in [3.05, 3.63) is 66.0 Å². The predicted molar refractivity (Wildman–Crippen MR) is 167 cm³/mol. The van der Waals surface area contributed by atoms with E-state index in [0.29, 0.717) is 11.6 Å².